The summed E-state index contributed by atoms with van der Waals surface area (Å²) >= 11 is 0. The molecule has 0 heterocycles. The second-order valence-electron chi connectivity index (χ2n) is 2.29. The first-order valence-corrected chi connectivity index (χ1v) is 3.64. The maximum atomic E-state index is 10.7. The molecule has 0 aromatic carbocycles. The summed E-state index contributed by atoms with van der Waals surface area (Å²) in [5.74, 6) is -3.61. The number of esters is 1. The van der Waals surface area contributed by atoms with Gasteiger partial charge in [-0.05, 0) is 6.08 Å². The summed E-state index contributed by atoms with van der Waals surface area (Å²) in [6.07, 6.45) is 0.805. The van der Waals surface area contributed by atoms with Crippen molar-refractivity contribution in [2.24, 2.45) is 5.92 Å². The summed E-state index contributed by atoms with van der Waals surface area (Å²) in [4.78, 5) is 21.2. The third kappa shape index (κ3) is 3.11. The lowest BCUT2D eigenvalue weighted by molar-refractivity contribution is -0.149. The largest absolute Gasteiger partial charge is 0.480 e. The van der Waals surface area contributed by atoms with Crippen molar-refractivity contribution in [3.8, 4) is 6.07 Å². The van der Waals surface area contributed by atoms with Crippen molar-refractivity contribution < 1.29 is 19.4 Å². The van der Waals surface area contributed by atoms with Gasteiger partial charge in [-0.1, -0.05) is 13.2 Å². The zero-order valence-electron chi connectivity index (χ0n) is 7.34. The van der Waals surface area contributed by atoms with E-state index in [4.69, 9.17) is 10.4 Å². The number of carbonyl (C=O) groups excluding carboxylic acids is 1. The molecule has 0 aliphatic heterocycles. The Morgan fingerprint density at radius 1 is 1.50 bits per heavy atom. The second kappa shape index (κ2) is 5.54. The van der Waals surface area contributed by atoms with E-state index < -0.39 is 24.0 Å². The molecule has 2 unspecified atom stereocenters. The molecule has 0 amide bonds. The molecule has 5 heteroatoms. The summed E-state index contributed by atoms with van der Waals surface area (Å²) in [6, 6.07) is 1.50. The highest BCUT2D eigenvalue weighted by Crippen LogP contribution is 2.09. The predicted octanol–water partition coefficient (Wildman–Crippen LogP) is 0.495. The predicted molar refractivity (Wildman–Crippen MR) is 47.0 cm³/mol. The Bertz CT molecular complexity index is 302. The van der Waals surface area contributed by atoms with Gasteiger partial charge >= 0.3 is 11.9 Å². The number of nitrogens with zero attached hydrogens (tertiary/aromatic N) is 1. The summed E-state index contributed by atoms with van der Waals surface area (Å²) in [6.45, 7) is 6.41. The molecular weight excluding hydrogens is 186 g/mol. The Morgan fingerprint density at radius 3 is 2.36 bits per heavy atom. The number of carboxylic acid groups (broad SMARTS) is 1. The monoisotopic (exact) mass is 195 g/mol. The van der Waals surface area contributed by atoms with Gasteiger partial charge in [0.1, 0.15) is 6.10 Å². The van der Waals surface area contributed by atoms with Crippen molar-refractivity contribution in [1.82, 2.24) is 0 Å². The molecule has 0 spiro atoms. The van der Waals surface area contributed by atoms with E-state index in [0.717, 1.165) is 12.2 Å². The smallest absolute Gasteiger partial charge is 0.330 e. The number of nitriles is 1. The van der Waals surface area contributed by atoms with Gasteiger partial charge < -0.3 is 9.84 Å². The molecule has 14 heavy (non-hydrogen) atoms. The van der Waals surface area contributed by atoms with Gasteiger partial charge in [-0.3, -0.25) is 4.79 Å². The molecule has 0 aliphatic rings. The minimum Gasteiger partial charge on any atom is -0.480 e. The van der Waals surface area contributed by atoms with E-state index in [1.54, 1.807) is 0 Å². The standard InChI is InChI=1S/C9H9NO4/c1-3-7(14-8(11)4-2)6(5-10)9(12)13/h3-4,6-7H,1-2H2,(H,12,13). The van der Waals surface area contributed by atoms with Gasteiger partial charge in [0.05, 0.1) is 6.07 Å². The van der Waals surface area contributed by atoms with Gasteiger partial charge in [-0.25, -0.2) is 4.79 Å². The van der Waals surface area contributed by atoms with Crippen LogP contribution in [0.25, 0.3) is 0 Å². The van der Waals surface area contributed by atoms with E-state index in [2.05, 4.69) is 17.9 Å². The fourth-order valence-electron chi connectivity index (χ4n) is 0.704. The van der Waals surface area contributed by atoms with Gasteiger partial charge in [0.2, 0.25) is 0 Å². The van der Waals surface area contributed by atoms with E-state index in [0.29, 0.717) is 0 Å². The molecule has 0 bridgehead atoms. The average Bonchev–Trinajstić information content (AvgIpc) is 2.16. The van der Waals surface area contributed by atoms with Crippen LogP contribution in [0.1, 0.15) is 0 Å². The van der Waals surface area contributed by atoms with Crippen LogP contribution in [0.5, 0.6) is 0 Å². The first-order valence-electron chi connectivity index (χ1n) is 3.64. The van der Waals surface area contributed by atoms with Crippen LogP contribution in [0.4, 0.5) is 0 Å². The minimum atomic E-state index is -1.45. The van der Waals surface area contributed by atoms with Gasteiger partial charge in [-0.2, -0.15) is 5.26 Å². The zero-order chi connectivity index (χ0) is 11.1. The molecule has 0 aromatic rings. The molecule has 2 atom stereocenters. The lowest BCUT2D eigenvalue weighted by Gasteiger charge is -2.14. The number of aliphatic carboxylic acids is 1. The van der Waals surface area contributed by atoms with Crippen molar-refractivity contribution in [3.05, 3.63) is 25.3 Å². The maximum absolute atomic E-state index is 10.7. The van der Waals surface area contributed by atoms with E-state index >= 15 is 0 Å². The van der Waals surface area contributed by atoms with E-state index in [-0.39, 0.29) is 0 Å². The van der Waals surface area contributed by atoms with E-state index in [9.17, 15) is 9.59 Å². The van der Waals surface area contributed by atoms with Crippen LogP contribution in [-0.4, -0.2) is 23.1 Å². The van der Waals surface area contributed by atoms with Gasteiger partial charge in [0.15, 0.2) is 5.92 Å². The molecule has 1 N–H and O–H groups in total. The molecule has 0 radical (unpaired) electrons. The van der Waals surface area contributed by atoms with Gasteiger partial charge in [-0.15, -0.1) is 0 Å². The first-order chi connectivity index (χ1) is 6.56. The zero-order valence-corrected chi connectivity index (χ0v) is 7.34. The maximum Gasteiger partial charge on any atom is 0.330 e. The van der Waals surface area contributed by atoms with Crippen molar-refractivity contribution >= 4 is 11.9 Å². The van der Waals surface area contributed by atoms with Crippen LogP contribution in [-0.2, 0) is 14.3 Å². The highest BCUT2D eigenvalue weighted by molar-refractivity contribution is 5.82. The highest BCUT2D eigenvalue weighted by atomic mass is 16.5. The normalized spacial score (nSPS) is 13.1. The highest BCUT2D eigenvalue weighted by Gasteiger charge is 2.28. The van der Waals surface area contributed by atoms with Crippen molar-refractivity contribution in [2.75, 3.05) is 0 Å². The number of rotatable bonds is 5. The Balaban J connectivity index is 4.62. The van der Waals surface area contributed by atoms with Crippen LogP contribution in [0.15, 0.2) is 25.3 Å². The number of carboxylic acids is 1. The van der Waals surface area contributed by atoms with Crippen LogP contribution >= 0.6 is 0 Å². The third-order valence-corrected chi connectivity index (χ3v) is 1.38. The molecule has 0 aliphatic carbocycles. The summed E-state index contributed by atoms with van der Waals surface area (Å²) in [7, 11) is 0. The van der Waals surface area contributed by atoms with Crippen molar-refractivity contribution in [1.29, 1.82) is 5.26 Å². The third-order valence-electron chi connectivity index (χ3n) is 1.38. The average molecular weight is 195 g/mol. The number of ether oxygens (including phenoxy) is 1. The molecule has 0 saturated heterocycles. The Kier molecular flexibility index (Phi) is 4.71. The topological polar surface area (TPSA) is 87.4 Å². The van der Waals surface area contributed by atoms with Crippen LogP contribution in [0.2, 0.25) is 0 Å². The van der Waals surface area contributed by atoms with Gasteiger partial charge in [0, 0.05) is 6.08 Å². The fourth-order valence-corrected chi connectivity index (χ4v) is 0.704. The Labute approximate surface area is 80.9 Å². The SMILES string of the molecule is C=CC(=O)OC(C=C)C(C#N)C(=O)O. The minimum absolute atomic E-state index is 0.795. The first kappa shape index (κ1) is 11.9. The second-order valence-corrected chi connectivity index (χ2v) is 2.29. The Morgan fingerprint density at radius 2 is 2.07 bits per heavy atom. The molecule has 0 saturated carbocycles. The number of hydrogen-bond acceptors (Lipinski definition) is 4. The van der Waals surface area contributed by atoms with Crippen molar-refractivity contribution in [3.63, 3.8) is 0 Å². The summed E-state index contributed by atoms with van der Waals surface area (Å²) in [5, 5.41) is 17.1. The quantitative estimate of drug-likeness (QED) is 0.392. The molecule has 74 valence electrons. The van der Waals surface area contributed by atoms with Gasteiger partial charge in [0.25, 0.3) is 0 Å². The number of carbonyl (C=O) groups is 2. The summed E-state index contributed by atoms with van der Waals surface area (Å²) < 4.78 is 4.58. The molecular formula is C9H9NO4. The number of hydrogen-bond donors (Lipinski definition) is 1. The lowest BCUT2D eigenvalue weighted by Crippen LogP contribution is -2.29. The Hall–Kier alpha value is -2.09. The van der Waals surface area contributed by atoms with Crippen LogP contribution in [0, 0.1) is 17.2 Å². The van der Waals surface area contributed by atoms with E-state index in [1.807, 2.05) is 0 Å². The molecule has 5 nitrogen and oxygen atoms in total. The fraction of sp³-hybridized carbons (Fsp3) is 0.222. The van der Waals surface area contributed by atoms with Crippen molar-refractivity contribution in [2.45, 2.75) is 6.10 Å². The van der Waals surface area contributed by atoms with Crippen LogP contribution in [0.3, 0.4) is 0 Å². The van der Waals surface area contributed by atoms with E-state index in [1.165, 1.54) is 6.07 Å². The molecule has 0 fully saturated rings. The van der Waals surface area contributed by atoms with Crippen LogP contribution < -0.4 is 0 Å². The molecule has 0 aromatic heterocycles. The lowest BCUT2D eigenvalue weighted by atomic mass is 10.0. The summed E-state index contributed by atoms with van der Waals surface area (Å²) in [5.41, 5.74) is 0. The molecule has 0 rings (SSSR count).